The Balaban J connectivity index is 2.26. The lowest BCUT2D eigenvalue weighted by atomic mass is 9.95. The summed E-state index contributed by atoms with van der Waals surface area (Å²) in [5, 5.41) is 0. The van der Waals surface area contributed by atoms with E-state index < -0.39 is 0 Å². The van der Waals surface area contributed by atoms with E-state index in [-0.39, 0.29) is 18.2 Å². The summed E-state index contributed by atoms with van der Waals surface area (Å²) in [7, 11) is 0. The molecule has 3 nitrogen and oxygen atoms in total. The zero-order valence-electron chi connectivity index (χ0n) is 10.8. The van der Waals surface area contributed by atoms with Crippen LogP contribution in [-0.4, -0.2) is 12.1 Å². The predicted molar refractivity (Wildman–Crippen MR) is 69.4 cm³/mol. The Bertz CT molecular complexity index is 465. The van der Waals surface area contributed by atoms with Gasteiger partial charge in [-0.25, -0.2) is 0 Å². The molecule has 1 fully saturated rings. The summed E-state index contributed by atoms with van der Waals surface area (Å²) in [6, 6.07) is 7.51. The fraction of sp³-hybridized carbons (Fsp3) is 0.400. The number of hydrogen-bond donors (Lipinski definition) is 0. The van der Waals surface area contributed by atoms with E-state index in [1.165, 1.54) is 12.5 Å². The number of rotatable bonds is 2. The highest BCUT2D eigenvalue weighted by molar-refractivity contribution is 5.69. The Labute approximate surface area is 107 Å². The zero-order chi connectivity index (χ0) is 13.1. The van der Waals surface area contributed by atoms with Crippen molar-refractivity contribution in [2.45, 2.75) is 38.9 Å². The molecule has 0 aromatic heterocycles. The quantitative estimate of drug-likeness (QED) is 0.456. The molecule has 0 radical (unpaired) electrons. The summed E-state index contributed by atoms with van der Waals surface area (Å²) in [6.45, 7) is 7.48. The van der Waals surface area contributed by atoms with Gasteiger partial charge in [0.15, 0.2) is 0 Å². The third kappa shape index (κ3) is 2.99. The van der Waals surface area contributed by atoms with Gasteiger partial charge in [-0.05, 0) is 25.8 Å². The molecule has 0 spiro atoms. The summed E-state index contributed by atoms with van der Waals surface area (Å²) in [5.74, 6) is 0.266. The minimum Gasteiger partial charge on any atom is -0.426 e. The number of carbonyl (C=O) groups excluding carboxylic acids is 1. The van der Waals surface area contributed by atoms with Crippen LogP contribution >= 0.6 is 0 Å². The second-order valence-electron chi connectivity index (χ2n) is 4.73. The first-order valence-corrected chi connectivity index (χ1v) is 6.15. The van der Waals surface area contributed by atoms with Crippen LogP contribution in [0.15, 0.2) is 36.4 Å². The molecule has 1 saturated heterocycles. The van der Waals surface area contributed by atoms with Gasteiger partial charge in [0.1, 0.15) is 5.75 Å². The van der Waals surface area contributed by atoms with Crippen LogP contribution in [0.4, 0.5) is 0 Å². The predicted octanol–water partition coefficient (Wildman–Crippen LogP) is 3.41. The van der Waals surface area contributed by atoms with Gasteiger partial charge < -0.3 is 9.47 Å². The molecule has 0 N–H and O–H groups in total. The molecular formula is C15H18O3. The lowest BCUT2D eigenvalue weighted by Gasteiger charge is -2.30. The maximum atomic E-state index is 11.1. The molecule has 2 rings (SSSR count). The van der Waals surface area contributed by atoms with E-state index in [0.717, 1.165) is 18.4 Å². The molecule has 0 amide bonds. The van der Waals surface area contributed by atoms with Crippen molar-refractivity contribution in [1.29, 1.82) is 0 Å². The summed E-state index contributed by atoms with van der Waals surface area (Å²) < 4.78 is 11.1. The summed E-state index contributed by atoms with van der Waals surface area (Å²) in [5.41, 5.74) is 2.09. The van der Waals surface area contributed by atoms with Crippen molar-refractivity contribution in [3.8, 4) is 5.75 Å². The standard InChI is InChI=1S/C15H18O3/c1-10-8-11(2)17-15(9-10)13-6-4-5-7-14(13)18-12(3)16/h4-7,11,15H,1,8-9H2,2-3H3/t11-,15+/m1/s1. The van der Waals surface area contributed by atoms with E-state index >= 15 is 0 Å². The minimum atomic E-state index is -0.315. The molecule has 1 aliphatic rings. The molecule has 1 aromatic carbocycles. The van der Waals surface area contributed by atoms with Crippen molar-refractivity contribution in [1.82, 2.24) is 0 Å². The Morgan fingerprint density at radius 1 is 1.39 bits per heavy atom. The number of ether oxygens (including phenoxy) is 2. The monoisotopic (exact) mass is 246 g/mol. The van der Waals surface area contributed by atoms with Gasteiger partial charge in [0.05, 0.1) is 12.2 Å². The average Bonchev–Trinajstić information content (AvgIpc) is 2.27. The number of hydrogen-bond acceptors (Lipinski definition) is 3. The van der Waals surface area contributed by atoms with Crippen LogP contribution < -0.4 is 4.74 Å². The number of esters is 1. The highest BCUT2D eigenvalue weighted by Gasteiger charge is 2.25. The van der Waals surface area contributed by atoms with Crippen LogP contribution in [0.1, 0.15) is 38.4 Å². The Morgan fingerprint density at radius 3 is 2.78 bits per heavy atom. The molecule has 18 heavy (non-hydrogen) atoms. The van der Waals surface area contributed by atoms with Crippen LogP contribution in [0.5, 0.6) is 5.75 Å². The minimum absolute atomic E-state index is 0.0724. The van der Waals surface area contributed by atoms with Gasteiger partial charge in [-0.15, -0.1) is 0 Å². The third-order valence-electron chi connectivity index (χ3n) is 2.97. The first-order chi connectivity index (χ1) is 8.56. The van der Waals surface area contributed by atoms with Crippen molar-refractivity contribution < 1.29 is 14.3 Å². The van der Waals surface area contributed by atoms with Crippen molar-refractivity contribution in [2.24, 2.45) is 0 Å². The second-order valence-corrected chi connectivity index (χ2v) is 4.73. The van der Waals surface area contributed by atoms with Crippen molar-refractivity contribution >= 4 is 5.97 Å². The topological polar surface area (TPSA) is 35.5 Å². The lowest BCUT2D eigenvalue weighted by Crippen LogP contribution is -2.21. The van der Waals surface area contributed by atoms with Gasteiger partial charge in [-0.1, -0.05) is 30.4 Å². The highest BCUT2D eigenvalue weighted by atomic mass is 16.5. The molecule has 1 aliphatic heterocycles. The summed E-state index contributed by atoms with van der Waals surface area (Å²) in [4.78, 5) is 11.1. The SMILES string of the molecule is C=C1C[C@@H](C)O[C@H](c2ccccc2OC(C)=O)C1. The molecule has 0 aliphatic carbocycles. The van der Waals surface area contributed by atoms with Crippen LogP contribution in [0.2, 0.25) is 0 Å². The van der Waals surface area contributed by atoms with E-state index in [0.29, 0.717) is 5.75 Å². The Morgan fingerprint density at radius 2 is 2.11 bits per heavy atom. The van der Waals surface area contributed by atoms with Crippen LogP contribution in [0.3, 0.4) is 0 Å². The average molecular weight is 246 g/mol. The van der Waals surface area contributed by atoms with Crippen LogP contribution in [-0.2, 0) is 9.53 Å². The van der Waals surface area contributed by atoms with E-state index in [2.05, 4.69) is 6.58 Å². The van der Waals surface area contributed by atoms with Crippen molar-refractivity contribution in [2.75, 3.05) is 0 Å². The number of para-hydroxylation sites is 1. The molecule has 2 atom stereocenters. The normalized spacial score (nSPS) is 23.8. The van der Waals surface area contributed by atoms with Gasteiger partial charge in [0.25, 0.3) is 0 Å². The molecule has 1 heterocycles. The first-order valence-electron chi connectivity index (χ1n) is 6.15. The maximum Gasteiger partial charge on any atom is 0.308 e. The van der Waals surface area contributed by atoms with Crippen LogP contribution in [0.25, 0.3) is 0 Å². The third-order valence-corrected chi connectivity index (χ3v) is 2.97. The van der Waals surface area contributed by atoms with E-state index in [4.69, 9.17) is 9.47 Å². The molecular weight excluding hydrogens is 228 g/mol. The van der Waals surface area contributed by atoms with Gasteiger partial charge in [-0.2, -0.15) is 0 Å². The zero-order valence-corrected chi connectivity index (χ0v) is 10.8. The molecule has 96 valence electrons. The van der Waals surface area contributed by atoms with Crippen LogP contribution in [0, 0.1) is 0 Å². The first kappa shape index (κ1) is 12.8. The van der Waals surface area contributed by atoms with Gasteiger partial charge in [0.2, 0.25) is 0 Å². The van der Waals surface area contributed by atoms with Gasteiger partial charge >= 0.3 is 5.97 Å². The molecule has 3 heteroatoms. The summed E-state index contributed by atoms with van der Waals surface area (Å²) >= 11 is 0. The molecule has 1 aromatic rings. The molecule has 0 unspecified atom stereocenters. The van der Waals surface area contributed by atoms with E-state index in [1.54, 1.807) is 6.07 Å². The van der Waals surface area contributed by atoms with Crippen molar-refractivity contribution in [3.63, 3.8) is 0 Å². The lowest BCUT2D eigenvalue weighted by molar-refractivity contribution is -0.132. The van der Waals surface area contributed by atoms with Gasteiger partial charge in [-0.3, -0.25) is 4.79 Å². The van der Waals surface area contributed by atoms with Crippen molar-refractivity contribution in [3.05, 3.63) is 42.0 Å². The Kier molecular flexibility index (Phi) is 3.82. The maximum absolute atomic E-state index is 11.1. The molecule has 0 bridgehead atoms. The highest BCUT2D eigenvalue weighted by Crippen LogP contribution is 2.37. The smallest absolute Gasteiger partial charge is 0.308 e. The fourth-order valence-corrected chi connectivity index (χ4v) is 2.31. The largest absolute Gasteiger partial charge is 0.426 e. The van der Waals surface area contributed by atoms with E-state index in [9.17, 15) is 4.79 Å². The molecule has 0 saturated carbocycles. The summed E-state index contributed by atoms with van der Waals surface area (Å²) in [6.07, 6.45) is 1.76. The fourth-order valence-electron chi connectivity index (χ4n) is 2.31. The van der Waals surface area contributed by atoms with E-state index in [1.807, 2.05) is 25.1 Å². The number of benzene rings is 1. The Hall–Kier alpha value is -1.61. The van der Waals surface area contributed by atoms with Gasteiger partial charge in [0, 0.05) is 12.5 Å². The second kappa shape index (κ2) is 5.36. The number of carbonyl (C=O) groups is 1.